The quantitative estimate of drug-likeness (QED) is 0.179. The van der Waals surface area contributed by atoms with E-state index in [1.807, 2.05) is 6.07 Å². The summed E-state index contributed by atoms with van der Waals surface area (Å²) < 4.78 is 13.1. The van der Waals surface area contributed by atoms with Crippen LogP contribution in [-0.2, 0) is 5.41 Å². The molecule has 0 amide bonds. The van der Waals surface area contributed by atoms with Gasteiger partial charge in [-0.1, -0.05) is 158 Å². The first-order valence-electron chi connectivity index (χ1n) is 20.3. The maximum absolute atomic E-state index is 6.60. The van der Waals surface area contributed by atoms with E-state index in [1.165, 1.54) is 60.5 Å². The van der Waals surface area contributed by atoms with Crippen LogP contribution < -0.4 is 0 Å². The highest BCUT2D eigenvalue weighted by atomic mass is 16.3. The van der Waals surface area contributed by atoms with E-state index >= 15 is 0 Å². The average molecular weight is 751 g/mol. The lowest BCUT2D eigenvalue weighted by atomic mass is 9.65. The Morgan fingerprint density at radius 1 is 0.322 bits per heavy atom. The molecule has 0 aliphatic heterocycles. The summed E-state index contributed by atoms with van der Waals surface area (Å²) in [4.78, 5) is 0. The fraction of sp³-hybridized carbons (Fsp3) is 0.0175. The first-order chi connectivity index (χ1) is 29.2. The van der Waals surface area contributed by atoms with Gasteiger partial charge in [0.15, 0.2) is 0 Å². The predicted molar refractivity (Wildman–Crippen MR) is 244 cm³/mol. The van der Waals surface area contributed by atoms with E-state index in [0.29, 0.717) is 0 Å². The summed E-state index contributed by atoms with van der Waals surface area (Å²) in [6.45, 7) is 0. The molecule has 2 nitrogen and oxygen atoms in total. The molecule has 2 aromatic heterocycles. The average Bonchev–Trinajstić information content (AvgIpc) is 3.96. The second-order valence-electron chi connectivity index (χ2n) is 15.9. The summed E-state index contributed by atoms with van der Waals surface area (Å²) in [6, 6.07) is 75.3. The third-order valence-electron chi connectivity index (χ3n) is 12.9. The minimum atomic E-state index is -0.659. The lowest BCUT2D eigenvalue weighted by Gasteiger charge is -2.35. The molecule has 2 heteroatoms. The van der Waals surface area contributed by atoms with E-state index in [1.54, 1.807) is 0 Å². The van der Waals surface area contributed by atoms with Crippen LogP contribution in [0.1, 0.15) is 22.3 Å². The van der Waals surface area contributed by atoms with E-state index in [4.69, 9.17) is 8.83 Å². The van der Waals surface area contributed by atoms with Crippen molar-refractivity contribution in [2.45, 2.75) is 5.41 Å². The number of hydrogen-bond acceptors (Lipinski definition) is 2. The van der Waals surface area contributed by atoms with Crippen LogP contribution in [0.4, 0.5) is 0 Å². The van der Waals surface area contributed by atoms with Crippen molar-refractivity contribution in [1.29, 1.82) is 0 Å². The van der Waals surface area contributed by atoms with Crippen LogP contribution in [0.5, 0.6) is 0 Å². The molecule has 59 heavy (non-hydrogen) atoms. The highest BCUT2D eigenvalue weighted by Gasteiger charge is 2.48. The molecule has 0 unspecified atom stereocenters. The normalized spacial score (nSPS) is 13.2. The molecule has 274 valence electrons. The van der Waals surface area contributed by atoms with E-state index in [2.05, 4.69) is 200 Å². The molecule has 10 aromatic carbocycles. The van der Waals surface area contributed by atoms with Crippen LogP contribution in [-0.4, -0.2) is 0 Å². The van der Waals surface area contributed by atoms with Crippen LogP contribution in [0.15, 0.2) is 215 Å². The number of benzene rings is 10. The van der Waals surface area contributed by atoms with Crippen molar-refractivity contribution in [2.24, 2.45) is 0 Å². The number of para-hydroxylation sites is 1. The van der Waals surface area contributed by atoms with Gasteiger partial charge in [0.2, 0.25) is 0 Å². The Bertz CT molecular complexity index is 3620. The second-order valence-corrected chi connectivity index (χ2v) is 15.9. The van der Waals surface area contributed by atoms with Crippen molar-refractivity contribution in [3.05, 3.63) is 229 Å². The van der Waals surface area contributed by atoms with Crippen LogP contribution in [0.25, 0.3) is 98.8 Å². The fourth-order valence-electron chi connectivity index (χ4n) is 10.4. The first kappa shape index (κ1) is 32.4. The Morgan fingerprint density at radius 2 is 0.915 bits per heavy atom. The summed E-state index contributed by atoms with van der Waals surface area (Å²) in [6.07, 6.45) is 0. The van der Waals surface area contributed by atoms with Gasteiger partial charge in [0.25, 0.3) is 0 Å². The Morgan fingerprint density at radius 3 is 1.71 bits per heavy atom. The lowest BCUT2D eigenvalue weighted by Crippen LogP contribution is -2.29. The maximum Gasteiger partial charge on any atom is 0.136 e. The summed E-state index contributed by atoms with van der Waals surface area (Å²) >= 11 is 0. The van der Waals surface area contributed by atoms with Crippen molar-refractivity contribution in [3.8, 4) is 33.4 Å². The smallest absolute Gasteiger partial charge is 0.136 e. The maximum atomic E-state index is 6.60. The Kier molecular flexibility index (Phi) is 6.68. The number of furan rings is 2. The van der Waals surface area contributed by atoms with Gasteiger partial charge < -0.3 is 8.83 Å². The summed E-state index contributed by atoms with van der Waals surface area (Å²) in [5.41, 5.74) is 15.1. The minimum Gasteiger partial charge on any atom is -0.456 e. The van der Waals surface area contributed by atoms with Gasteiger partial charge in [-0.25, -0.2) is 0 Å². The molecular formula is C57H34O2. The molecule has 1 aliphatic carbocycles. The Labute approximate surface area is 340 Å². The molecule has 0 saturated carbocycles. The minimum absolute atomic E-state index is 0.659. The SMILES string of the molecule is c1ccc(C2(c3ccccc3)c3cc(-c4cccc5oc6cc7ccccc7cc6c45)ccc3-c3c2c(-c2ccc4c(c2)oc2ccccc24)cc2ccccc32)cc1. The van der Waals surface area contributed by atoms with E-state index < -0.39 is 5.41 Å². The molecule has 0 radical (unpaired) electrons. The van der Waals surface area contributed by atoms with E-state index in [0.717, 1.165) is 60.6 Å². The number of hydrogen-bond donors (Lipinski definition) is 0. The van der Waals surface area contributed by atoms with Crippen molar-refractivity contribution >= 4 is 65.4 Å². The molecule has 2 heterocycles. The standard InChI is InChI=1S/C57H34O2/c1-3-17-40(18-4-1)57(41-19-5-2-6-20-41)49-32-38(42-23-13-25-51-54(42)48-30-35-14-7-8-15-36(35)33-53(48)59-51)27-29-46(49)55-43-21-10-9-16-37(43)31-47(56(55)57)39-26-28-45-44-22-11-12-24-50(44)58-52(45)34-39/h1-34H. The van der Waals surface area contributed by atoms with E-state index in [-0.39, 0.29) is 0 Å². The topological polar surface area (TPSA) is 26.3 Å². The van der Waals surface area contributed by atoms with Crippen molar-refractivity contribution in [1.82, 2.24) is 0 Å². The molecule has 0 N–H and O–H groups in total. The zero-order chi connectivity index (χ0) is 38.7. The molecule has 12 aromatic rings. The lowest BCUT2D eigenvalue weighted by molar-refractivity contribution is 0.669. The van der Waals surface area contributed by atoms with Crippen molar-refractivity contribution in [2.75, 3.05) is 0 Å². The molecule has 0 fully saturated rings. The zero-order valence-corrected chi connectivity index (χ0v) is 31.9. The highest BCUT2D eigenvalue weighted by Crippen LogP contribution is 2.61. The Balaban J connectivity index is 1.16. The summed E-state index contributed by atoms with van der Waals surface area (Å²) in [5.74, 6) is 0. The molecule has 0 atom stereocenters. The molecule has 1 aliphatic rings. The van der Waals surface area contributed by atoms with Gasteiger partial charge in [0.05, 0.1) is 5.41 Å². The molecule has 13 rings (SSSR count). The largest absolute Gasteiger partial charge is 0.456 e. The van der Waals surface area contributed by atoms with E-state index in [9.17, 15) is 0 Å². The summed E-state index contributed by atoms with van der Waals surface area (Å²) in [5, 5.41) is 9.36. The van der Waals surface area contributed by atoms with Crippen molar-refractivity contribution < 1.29 is 8.83 Å². The monoisotopic (exact) mass is 750 g/mol. The number of rotatable bonds is 4. The second kappa shape index (κ2) is 12.2. The van der Waals surface area contributed by atoms with Gasteiger partial charge in [0, 0.05) is 21.5 Å². The van der Waals surface area contributed by atoms with Crippen LogP contribution in [0.2, 0.25) is 0 Å². The van der Waals surface area contributed by atoms with Gasteiger partial charge in [-0.2, -0.15) is 0 Å². The van der Waals surface area contributed by atoms with Crippen LogP contribution in [0.3, 0.4) is 0 Å². The molecular weight excluding hydrogens is 717 g/mol. The number of fused-ring (bicyclic) bond motifs is 12. The highest BCUT2D eigenvalue weighted by molar-refractivity contribution is 6.16. The van der Waals surface area contributed by atoms with Gasteiger partial charge in [0.1, 0.15) is 22.3 Å². The predicted octanol–water partition coefficient (Wildman–Crippen LogP) is 15.5. The third kappa shape index (κ3) is 4.51. The van der Waals surface area contributed by atoms with Crippen LogP contribution in [0, 0.1) is 0 Å². The summed E-state index contributed by atoms with van der Waals surface area (Å²) in [7, 11) is 0. The molecule has 0 spiro atoms. The fourth-order valence-corrected chi connectivity index (χ4v) is 10.4. The van der Waals surface area contributed by atoms with Gasteiger partial charge in [-0.05, 0) is 126 Å². The molecule has 0 saturated heterocycles. The molecule has 0 bridgehead atoms. The van der Waals surface area contributed by atoms with Crippen molar-refractivity contribution in [3.63, 3.8) is 0 Å². The van der Waals surface area contributed by atoms with Crippen LogP contribution >= 0.6 is 0 Å². The third-order valence-corrected chi connectivity index (χ3v) is 12.9. The van der Waals surface area contributed by atoms with Gasteiger partial charge >= 0.3 is 0 Å². The van der Waals surface area contributed by atoms with Gasteiger partial charge in [-0.3, -0.25) is 0 Å². The first-order valence-corrected chi connectivity index (χ1v) is 20.3. The van der Waals surface area contributed by atoms with Gasteiger partial charge in [-0.15, -0.1) is 0 Å². The zero-order valence-electron chi connectivity index (χ0n) is 31.9. The Hall–Kier alpha value is -7.68.